The molecule has 32 heavy (non-hydrogen) atoms. The highest BCUT2D eigenvalue weighted by atomic mass is 32.1. The predicted octanol–water partition coefficient (Wildman–Crippen LogP) is 4.71. The van der Waals surface area contributed by atoms with Crippen molar-refractivity contribution in [2.24, 2.45) is 0 Å². The van der Waals surface area contributed by atoms with Crippen LogP contribution in [0.15, 0.2) is 48.7 Å². The van der Waals surface area contributed by atoms with E-state index in [9.17, 15) is 5.11 Å². The van der Waals surface area contributed by atoms with Crippen LogP contribution >= 0.6 is 12.2 Å². The number of rotatable bonds is 7. The third-order valence-corrected chi connectivity index (χ3v) is 6.82. The first-order chi connectivity index (χ1) is 15.5. The van der Waals surface area contributed by atoms with Crippen LogP contribution in [0.1, 0.15) is 59.2 Å². The van der Waals surface area contributed by atoms with Crippen molar-refractivity contribution in [2.75, 3.05) is 13.2 Å². The zero-order valence-corrected chi connectivity index (χ0v) is 20.1. The number of hydrogen-bond acceptors (Lipinski definition) is 3. The van der Waals surface area contributed by atoms with E-state index in [0.29, 0.717) is 18.1 Å². The average Bonchev–Trinajstić information content (AvgIpc) is 3.27. The van der Waals surface area contributed by atoms with Crippen molar-refractivity contribution in [1.29, 1.82) is 0 Å². The summed E-state index contributed by atoms with van der Waals surface area (Å²) in [7, 11) is 0. The molecule has 0 amide bonds. The van der Waals surface area contributed by atoms with Crippen LogP contribution in [0.4, 0.5) is 0 Å². The van der Waals surface area contributed by atoms with E-state index in [2.05, 4.69) is 77.8 Å². The van der Waals surface area contributed by atoms with Gasteiger partial charge in [-0.2, -0.15) is 0 Å². The second-order valence-corrected chi connectivity index (χ2v) is 8.88. The molecule has 5 nitrogen and oxygen atoms in total. The normalized spacial score (nSPS) is 18.3. The number of para-hydroxylation sites is 1. The van der Waals surface area contributed by atoms with E-state index in [1.165, 1.54) is 33.8 Å². The van der Waals surface area contributed by atoms with Crippen LogP contribution in [-0.2, 0) is 6.42 Å². The fourth-order valence-electron chi connectivity index (χ4n) is 4.98. The Morgan fingerprint density at radius 2 is 1.94 bits per heavy atom. The van der Waals surface area contributed by atoms with Crippen LogP contribution in [0.3, 0.4) is 0 Å². The lowest BCUT2D eigenvalue weighted by atomic mass is 9.96. The fraction of sp³-hybridized carbons (Fsp3) is 0.385. The summed E-state index contributed by atoms with van der Waals surface area (Å²) < 4.78 is 2.39. The van der Waals surface area contributed by atoms with Gasteiger partial charge in [-0.1, -0.05) is 31.2 Å². The monoisotopic (exact) mass is 448 g/mol. The lowest BCUT2D eigenvalue weighted by molar-refractivity contribution is 0.247. The number of nitrogens with one attached hydrogen (secondary N) is 1. The number of aryl methyl sites for hydroxylation is 3. The first kappa shape index (κ1) is 22.5. The summed E-state index contributed by atoms with van der Waals surface area (Å²) in [6, 6.07) is 14.8. The summed E-state index contributed by atoms with van der Waals surface area (Å²) in [5.74, 6) is 0. The molecule has 0 radical (unpaired) electrons. The molecule has 2 N–H and O–H groups in total. The minimum absolute atomic E-state index is 0.0120. The van der Waals surface area contributed by atoms with Gasteiger partial charge in [0, 0.05) is 30.7 Å². The topological polar surface area (TPSA) is 53.3 Å². The van der Waals surface area contributed by atoms with E-state index in [1.807, 2.05) is 18.3 Å². The van der Waals surface area contributed by atoms with Gasteiger partial charge in [-0.25, -0.2) is 0 Å². The Balaban J connectivity index is 1.86. The molecule has 4 rings (SSSR count). The van der Waals surface area contributed by atoms with Gasteiger partial charge in [0.2, 0.25) is 0 Å². The van der Waals surface area contributed by atoms with Crippen molar-refractivity contribution >= 4 is 17.3 Å². The minimum atomic E-state index is -0.0427. The first-order valence-electron chi connectivity index (χ1n) is 11.3. The number of thiocarbonyl (C=S) groups is 1. The van der Waals surface area contributed by atoms with Crippen LogP contribution in [0, 0.1) is 20.8 Å². The molecule has 0 bridgehead atoms. The summed E-state index contributed by atoms with van der Waals surface area (Å²) >= 11 is 5.74. The lowest BCUT2D eigenvalue weighted by Gasteiger charge is -2.28. The Morgan fingerprint density at radius 1 is 1.12 bits per heavy atom. The molecule has 1 saturated heterocycles. The summed E-state index contributed by atoms with van der Waals surface area (Å²) in [5, 5.41) is 13.7. The van der Waals surface area contributed by atoms with Gasteiger partial charge in [0.25, 0.3) is 0 Å². The van der Waals surface area contributed by atoms with E-state index in [4.69, 9.17) is 12.2 Å². The summed E-state index contributed by atoms with van der Waals surface area (Å²) in [4.78, 5) is 6.86. The summed E-state index contributed by atoms with van der Waals surface area (Å²) in [6.07, 6.45) is 3.49. The molecule has 0 saturated carbocycles. The molecule has 1 aliphatic rings. The molecule has 3 heterocycles. The Kier molecular flexibility index (Phi) is 6.63. The van der Waals surface area contributed by atoms with Gasteiger partial charge in [0.05, 0.1) is 23.5 Å². The zero-order chi connectivity index (χ0) is 22.8. The number of aromatic nitrogens is 2. The molecule has 1 aliphatic heterocycles. The molecule has 0 unspecified atom stereocenters. The standard InChI is InChI=1S/C26H32N4OS/c1-5-20-11-8-10-17(2)24(20)30-18(3)16-21(19(30)4)25-23(22-12-6-7-13-27-22)28-26(32)29(25)14-9-15-31/h6-8,10-13,16,23,25,31H,5,9,14-15H2,1-4H3,(H,28,32)/t23-,25-/m1/s1. The smallest absolute Gasteiger partial charge is 0.170 e. The van der Waals surface area contributed by atoms with Crippen LogP contribution in [0.5, 0.6) is 0 Å². The van der Waals surface area contributed by atoms with Crippen LogP contribution in [0.25, 0.3) is 5.69 Å². The minimum Gasteiger partial charge on any atom is -0.396 e. The molecule has 1 fully saturated rings. The third kappa shape index (κ3) is 3.93. The highest BCUT2D eigenvalue weighted by Crippen LogP contribution is 2.41. The SMILES string of the molecule is CCc1cccc(C)c1-n1c(C)cc([C@@H]2[C@@H](c3ccccn3)NC(=S)N2CCCO)c1C. The number of nitrogens with zero attached hydrogens (tertiary/aromatic N) is 3. The second-order valence-electron chi connectivity index (χ2n) is 8.50. The van der Waals surface area contributed by atoms with Crippen molar-refractivity contribution in [3.8, 4) is 5.69 Å². The van der Waals surface area contributed by atoms with Crippen LogP contribution in [0.2, 0.25) is 0 Å². The number of benzene rings is 1. The Labute approximate surface area is 196 Å². The highest BCUT2D eigenvalue weighted by molar-refractivity contribution is 7.80. The molecule has 3 aromatic rings. The maximum atomic E-state index is 9.49. The predicted molar refractivity (Wildman–Crippen MR) is 133 cm³/mol. The van der Waals surface area contributed by atoms with E-state index in [1.54, 1.807) is 0 Å². The number of pyridine rings is 1. The average molecular weight is 449 g/mol. The fourth-order valence-corrected chi connectivity index (χ4v) is 5.31. The molecule has 168 valence electrons. The maximum Gasteiger partial charge on any atom is 0.170 e. The van der Waals surface area contributed by atoms with Gasteiger partial charge in [-0.3, -0.25) is 4.98 Å². The number of aliphatic hydroxyl groups is 1. The van der Waals surface area contributed by atoms with Gasteiger partial charge < -0.3 is 19.9 Å². The molecular weight excluding hydrogens is 416 g/mol. The van der Waals surface area contributed by atoms with Gasteiger partial charge in [0.1, 0.15) is 0 Å². The van der Waals surface area contributed by atoms with E-state index in [-0.39, 0.29) is 18.7 Å². The largest absolute Gasteiger partial charge is 0.396 e. The van der Waals surface area contributed by atoms with E-state index < -0.39 is 0 Å². The summed E-state index contributed by atoms with van der Waals surface area (Å²) in [5.41, 5.74) is 8.54. The second kappa shape index (κ2) is 9.43. The molecule has 0 spiro atoms. The Bertz CT molecular complexity index is 1110. The van der Waals surface area contributed by atoms with E-state index >= 15 is 0 Å². The first-order valence-corrected chi connectivity index (χ1v) is 11.7. The molecular formula is C26H32N4OS. The molecule has 1 aromatic carbocycles. The summed E-state index contributed by atoms with van der Waals surface area (Å²) in [6.45, 7) is 9.61. The van der Waals surface area contributed by atoms with Crippen LogP contribution < -0.4 is 5.32 Å². The third-order valence-electron chi connectivity index (χ3n) is 6.47. The molecule has 2 atom stereocenters. The molecule has 6 heteroatoms. The number of aliphatic hydroxyl groups excluding tert-OH is 1. The molecule has 2 aromatic heterocycles. The molecule has 0 aliphatic carbocycles. The Hall–Kier alpha value is -2.70. The maximum absolute atomic E-state index is 9.49. The zero-order valence-electron chi connectivity index (χ0n) is 19.3. The van der Waals surface area contributed by atoms with Crippen molar-refractivity contribution in [3.63, 3.8) is 0 Å². The van der Waals surface area contributed by atoms with Crippen molar-refractivity contribution < 1.29 is 5.11 Å². The Morgan fingerprint density at radius 3 is 2.62 bits per heavy atom. The van der Waals surface area contributed by atoms with Crippen molar-refractivity contribution in [1.82, 2.24) is 19.8 Å². The van der Waals surface area contributed by atoms with Crippen LogP contribution in [-0.4, -0.2) is 37.8 Å². The van der Waals surface area contributed by atoms with Crippen molar-refractivity contribution in [3.05, 3.63) is 82.4 Å². The van der Waals surface area contributed by atoms with Crippen molar-refractivity contribution in [2.45, 2.75) is 52.6 Å². The highest BCUT2D eigenvalue weighted by Gasteiger charge is 2.41. The lowest BCUT2D eigenvalue weighted by Crippen LogP contribution is -2.31. The quantitative estimate of drug-likeness (QED) is 0.513. The van der Waals surface area contributed by atoms with E-state index in [0.717, 1.165) is 12.1 Å². The van der Waals surface area contributed by atoms with Gasteiger partial charge in [-0.05, 0) is 80.7 Å². The van der Waals surface area contributed by atoms with Gasteiger partial charge >= 0.3 is 0 Å². The van der Waals surface area contributed by atoms with Gasteiger partial charge in [0.15, 0.2) is 5.11 Å². The number of hydrogen-bond donors (Lipinski definition) is 2. The van der Waals surface area contributed by atoms with Gasteiger partial charge in [-0.15, -0.1) is 0 Å².